The number of ether oxygens (including phenoxy) is 2. The molecule has 3 aromatic carbocycles. The third kappa shape index (κ3) is 7.47. The molecule has 0 aliphatic carbocycles. The van der Waals surface area contributed by atoms with Crippen molar-refractivity contribution in [2.24, 2.45) is 5.10 Å². The van der Waals surface area contributed by atoms with Crippen molar-refractivity contribution in [1.82, 2.24) is 0 Å². The van der Waals surface area contributed by atoms with Crippen molar-refractivity contribution in [1.29, 1.82) is 0 Å². The molecule has 0 atom stereocenters. The Kier molecular flexibility index (Phi) is 8.39. The van der Waals surface area contributed by atoms with Crippen LogP contribution in [0.2, 0.25) is 0 Å². The summed E-state index contributed by atoms with van der Waals surface area (Å²) in [7, 11) is 0. The predicted molar refractivity (Wildman–Crippen MR) is 120 cm³/mol. The summed E-state index contributed by atoms with van der Waals surface area (Å²) in [5, 5.41) is 4.82. The third-order valence-electron chi connectivity index (χ3n) is 4.45. The van der Waals surface area contributed by atoms with Gasteiger partial charge in [0, 0.05) is 0 Å². The van der Waals surface area contributed by atoms with Gasteiger partial charge in [-0.05, 0) is 35.9 Å². The highest BCUT2D eigenvalue weighted by atomic mass is 19.4. The summed E-state index contributed by atoms with van der Waals surface area (Å²) in [4.78, 5) is 24.7. The highest BCUT2D eigenvalue weighted by Gasteiger charge is 2.31. The Morgan fingerprint density at radius 1 is 0.912 bits per heavy atom. The van der Waals surface area contributed by atoms with Gasteiger partial charge in [0.2, 0.25) is 0 Å². The van der Waals surface area contributed by atoms with E-state index in [0.29, 0.717) is 11.3 Å². The number of hydrogen-bond donors (Lipinski definition) is 0. The Bertz CT molecular complexity index is 1120. The van der Waals surface area contributed by atoms with Crippen LogP contribution in [-0.2, 0) is 20.5 Å². The van der Waals surface area contributed by atoms with Gasteiger partial charge in [0.25, 0.3) is 5.91 Å². The topological polar surface area (TPSA) is 68.2 Å². The summed E-state index contributed by atoms with van der Waals surface area (Å²) in [6.07, 6.45) is -3.38. The number of para-hydroxylation sites is 1. The van der Waals surface area contributed by atoms with Crippen LogP contribution in [0.3, 0.4) is 0 Å². The molecular formula is C25H21F3N2O4. The summed E-state index contributed by atoms with van der Waals surface area (Å²) < 4.78 is 49.9. The fourth-order valence-electron chi connectivity index (χ4n) is 2.80. The van der Waals surface area contributed by atoms with Gasteiger partial charge in [-0.25, -0.2) is 0 Å². The lowest BCUT2D eigenvalue weighted by molar-refractivity contribution is -0.148. The molecule has 0 unspecified atom stereocenters. The van der Waals surface area contributed by atoms with E-state index < -0.39 is 30.2 Å². The molecule has 0 aliphatic heterocycles. The number of amides is 1. The van der Waals surface area contributed by atoms with Gasteiger partial charge >= 0.3 is 12.1 Å². The first-order valence-corrected chi connectivity index (χ1v) is 10.3. The van der Waals surface area contributed by atoms with E-state index in [0.717, 1.165) is 17.1 Å². The van der Waals surface area contributed by atoms with E-state index in [-0.39, 0.29) is 18.7 Å². The maximum atomic E-state index is 13.2. The second-order valence-corrected chi connectivity index (χ2v) is 6.98. The van der Waals surface area contributed by atoms with Crippen molar-refractivity contribution in [2.75, 3.05) is 18.2 Å². The Balaban J connectivity index is 1.67. The molecule has 0 spiro atoms. The summed E-state index contributed by atoms with van der Waals surface area (Å²) >= 11 is 0. The quantitative estimate of drug-likeness (QED) is 0.248. The van der Waals surface area contributed by atoms with Gasteiger partial charge < -0.3 is 9.47 Å². The molecule has 0 saturated heterocycles. The van der Waals surface area contributed by atoms with Crippen LogP contribution >= 0.6 is 0 Å². The minimum atomic E-state index is -4.60. The van der Waals surface area contributed by atoms with E-state index in [1.165, 1.54) is 18.3 Å². The molecule has 0 radical (unpaired) electrons. The van der Waals surface area contributed by atoms with Crippen LogP contribution in [0.1, 0.15) is 17.5 Å². The largest absolute Gasteiger partial charge is 0.493 e. The van der Waals surface area contributed by atoms with Crippen molar-refractivity contribution < 1.29 is 32.2 Å². The van der Waals surface area contributed by atoms with Crippen LogP contribution in [0.25, 0.3) is 0 Å². The smallest absolute Gasteiger partial charge is 0.416 e. The zero-order chi connectivity index (χ0) is 24.4. The second kappa shape index (κ2) is 11.6. The number of carbonyl (C=O) groups excluding carboxylic acids is 2. The number of alkyl halides is 3. The van der Waals surface area contributed by atoms with Gasteiger partial charge in [-0.2, -0.15) is 23.3 Å². The van der Waals surface area contributed by atoms with E-state index in [2.05, 4.69) is 5.10 Å². The number of carbonyl (C=O) groups is 2. The number of anilines is 1. The molecule has 0 bridgehead atoms. The lowest BCUT2D eigenvalue weighted by Gasteiger charge is -2.18. The molecule has 0 heterocycles. The lowest BCUT2D eigenvalue weighted by Crippen LogP contribution is -2.31. The Hall–Kier alpha value is -4.14. The monoisotopic (exact) mass is 470 g/mol. The third-order valence-corrected chi connectivity index (χ3v) is 4.45. The minimum Gasteiger partial charge on any atom is -0.493 e. The van der Waals surface area contributed by atoms with Crippen LogP contribution < -0.4 is 9.75 Å². The fraction of sp³-hybridized carbons (Fsp3) is 0.160. The Labute approximate surface area is 194 Å². The van der Waals surface area contributed by atoms with Crippen LogP contribution in [0.5, 0.6) is 5.75 Å². The summed E-state index contributed by atoms with van der Waals surface area (Å²) in [6, 6.07) is 21.7. The van der Waals surface area contributed by atoms with Gasteiger partial charge in [-0.15, -0.1) is 0 Å². The number of benzene rings is 3. The van der Waals surface area contributed by atoms with Crippen molar-refractivity contribution in [3.63, 3.8) is 0 Å². The molecule has 0 aliphatic rings. The van der Waals surface area contributed by atoms with Crippen LogP contribution in [0.4, 0.5) is 18.9 Å². The highest BCUT2D eigenvalue weighted by molar-refractivity contribution is 5.96. The number of hydrazone groups is 1. The van der Waals surface area contributed by atoms with Crippen molar-refractivity contribution in [2.45, 2.75) is 12.6 Å². The van der Waals surface area contributed by atoms with E-state index in [1.54, 1.807) is 54.6 Å². The average Bonchev–Trinajstić information content (AvgIpc) is 2.84. The summed E-state index contributed by atoms with van der Waals surface area (Å²) in [5.41, 5.74) is -0.425. The molecule has 1 amide bonds. The predicted octanol–water partition coefficient (Wildman–Crippen LogP) is 5.08. The zero-order valence-electron chi connectivity index (χ0n) is 17.9. The zero-order valence-corrected chi connectivity index (χ0v) is 17.9. The SMILES string of the molecule is O=C(CCOc1ccccc1)OCC(=O)N(/N=C/c1ccccc1)c1cccc(C(F)(F)F)c1. The van der Waals surface area contributed by atoms with Gasteiger partial charge in [-0.3, -0.25) is 9.59 Å². The Morgan fingerprint density at radius 3 is 2.26 bits per heavy atom. The number of esters is 1. The molecule has 6 nitrogen and oxygen atoms in total. The molecule has 34 heavy (non-hydrogen) atoms. The molecule has 0 N–H and O–H groups in total. The highest BCUT2D eigenvalue weighted by Crippen LogP contribution is 2.31. The van der Waals surface area contributed by atoms with Gasteiger partial charge in [0.1, 0.15) is 5.75 Å². The molecule has 3 rings (SSSR count). The van der Waals surface area contributed by atoms with Gasteiger partial charge in [0.05, 0.1) is 30.5 Å². The van der Waals surface area contributed by atoms with E-state index in [1.807, 2.05) is 6.07 Å². The second-order valence-electron chi connectivity index (χ2n) is 6.98. The molecule has 0 fully saturated rings. The maximum absolute atomic E-state index is 13.2. The maximum Gasteiger partial charge on any atom is 0.416 e. The first-order chi connectivity index (χ1) is 16.3. The van der Waals surface area contributed by atoms with Gasteiger partial charge in [0.15, 0.2) is 6.61 Å². The normalized spacial score (nSPS) is 11.3. The molecule has 9 heteroatoms. The Morgan fingerprint density at radius 2 is 1.59 bits per heavy atom. The van der Waals surface area contributed by atoms with Crippen molar-refractivity contribution in [3.05, 3.63) is 96.1 Å². The van der Waals surface area contributed by atoms with E-state index >= 15 is 0 Å². The average molecular weight is 470 g/mol. The number of nitrogens with zero attached hydrogens (tertiary/aromatic N) is 2. The summed E-state index contributed by atoms with van der Waals surface area (Å²) in [5.74, 6) is -0.929. The number of hydrogen-bond acceptors (Lipinski definition) is 5. The van der Waals surface area contributed by atoms with E-state index in [4.69, 9.17) is 9.47 Å². The standard InChI is InChI=1S/C25H21F3N2O4/c26-25(27,28)20-10-7-11-21(16-20)30(29-17-19-8-3-1-4-9-19)23(31)18-34-24(32)14-15-33-22-12-5-2-6-13-22/h1-13,16-17H,14-15,18H2/b29-17+. The first-order valence-electron chi connectivity index (χ1n) is 10.3. The van der Waals surface area contributed by atoms with Crippen LogP contribution in [0.15, 0.2) is 90.0 Å². The molecule has 0 aromatic heterocycles. The summed E-state index contributed by atoms with van der Waals surface area (Å²) in [6.45, 7) is -0.660. The van der Waals surface area contributed by atoms with Crippen molar-refractivity contribution in [3.8, 4) is 5.75 Å². The van der Waals surface area contributed by atoms with Gasteiger partial charge in [-0.1, -0.05) is 54.6 Å². The molecule has 3 aromatic rings. The molecule has 176 valence electrons. The van der Waals surface area contributed by atoms with Crippen molar-refractivity contribution >= 4 is 23.8 Å². The molecular weight excluding hydrogens is 449 g/mol. The fourth-order valence-corrected chi connectivity index (χ4v) is 2.80. The lowest BCUT2D eigenvalue weighted by atomic mass is 10.2. The minimum absolute atomic E-state index is 0.0422. The van der Waals surface area contributed by atoms with Crippen LogP contribution in [0, 0.1) is 0 Å². The molecule has 0 saturated carbocycles. The number of rotatable bonds is 9. The van der Waals surface area contributed by atoms with E-state index in [9.17, 15) is 22.8 Å². The first kappa shape index (κ1) is 24.5. The number of halogens is 3. The van der Waals surface area contributed by atoms with Crippen LogP contribution in [-0.4, -0.2) is 31.3 Å².